The van der Waals surface area contributed by atoms with Crippen molar-refractivity contribution in [2.75, 3.05) is 6.73 Å². The van der Waals surface area contributed by atoms with Gasteiger partial charge in [-0.1, -0.05) is 0 Å². The second kappa shape index (κ2) is 5.60. The molecule has 11 heavy (non-hydrogen) atoms. The first-order chi connectivity index (χ1) is 4.45. The Hall–Kier alpha value is -0.0297. The minimum Gasteiger partial charge on any atom is -0.444 e. The van der Waals surface area contributed by atoms with Crippen molar-refractivity contribution < 1.29 is 37.0 Å². The molecule has 0 spiro atoms. The second-order valence-corrected chi connectivity index (χ2v) is 2.84. The number of aliphatic hydroxyl groups is 1. The summed E-state index contributed by atoms with van der Waals surface area (Å²) in [6, 6.07) is 0. The molecule has 0 aromatic rings. The number of aliphatic hydroxyl groups excluding tert-OH is 1. The van der Waals surface area contributed by atoms with Crippen LogP contribution in [0.15, 0.2) is 0 Å². The summed E-state index contributed by atoms with van der Waals surface area (Å²) in [7, 11) is 0. The van der Waals surface area contributed by atoms with Crippen LogP contribution in [-0.2, 0) is 27.1 Å². The Balaban J connectivity index is 0. The Kier molecular flexibility index (Phi) is 6.90. The normalized spacial score (nSPS) is 9.82. The summed E-state index contributed by atoms with van der Waals surface area (Å²) in [5.41, 5.74) is -0.501. The van der Waals surface area contributed by atoms with Gasteiger partial charge in [-0.15, -0.1) is 0 Å². The SMILES string of the molecule is CC(C)(C)OC(=O)NCO.[Ag]. The number of carbonyl (C=O) groups is 1. The summed E-state index contributed by atoms with van der Waals surface area (Å²) < 4.78 is 4.77. The van der Waals surface area contributed by atoms with Crippen molar-refractivity contribution in [3.8, 4) is 0 Å². The van der Waals surface area contributed by atoms with Crippen LogP contribution < -0.4 is 5.32 Å². The van der Waals surface area contributed by atoms with Crippen LogP contribution in [0.5, 0.6) is 0 Å². The zero-order chi connectivity index (χ0) is 8.20. The second-order valence-electron chi connectivity index (χ2n) is 2.84. The number of ether oxygens (including phenoxy) is 1. The molecule has 1 radical (unpaired) electrons. The summed E-state index contributed by atoms with van der Waals surface area (Å²) in [6.45, 7) is 4.87. The molecular formula is C6H13AgNO3. The monoisotopic (exact) mass is 254 g/mol. The Morgan fingerprint density at radius 2 is 2.00 bits per heavy atom. The third kappa shape index (κ3) is 9.97. The number of nitrogens with one attached hydrogen (secondary N) is 1. The molecule has 0 saturated heterocycles. The van der Waals surface area contributed by atoms with E-state index in [0.717, 1.165) is 0 Å². The Labute approximate surface area is 81.8 Å². The number of carbonyl (C=O) groups excluding carboxylic acids is 1. The Morgan fingerprint density at radius 3 is 2.27 bits per heavy atom. The molecule has 0 fully saturated rings. The first kappa shape index (κ1) is 13.6. The van der Waals surface area contributed by atoms with Crippen molar-refractivity contribution in [1.29, 1.82) is 0 Å². The predicted octanol–water partition coefficient (Wildman–Crippen LogP) is 0.458. The van der Waals surface area contributed by atoms with E-state index in [4.69, 9.17) is 9.84 Å². The molecule has 0 aliphatic carbocycles. The standard InChI is InChI=1S/C6H13NO3.Ag/c1-6(2,3)10-5(9)7-4-8;/h8H,4H2,1-3H3,(H,7,9);. The van der Waals surface area contributed by atoms with Crippen LogP contribution in [-0.4, -0.2) is 23.5 Å². The number of alkyl carbamates (subject to hydrolysis) is 1. The molecule has 4 nitrogen and oxygen atoms in total. The van der Waals surface area contributed by atoms with Crippen LogP contribution in [0.25, 0.3) is 0 Å². The van der Waals surface area contributed by atoms with Gasteiger partial charge in [0.05, 0.1) is 0 Å². The van der Waals surface area contributed by atoms with Gasteiger partial charge in [-0.05, 0) is 20.8 Å². The van der Waals surface area contributed by atoms with Crippen molar-refractivity contribution in [2.45, 2.75) is 26.4 Å². The fraction of sp³-hybridized carbons (Fsp3) is 0.833. The topological polar surface area (TPSA) is 58.6 Å². The molecule has 1 amide bonds. The third-order valence-corrected chi connectivity index (χ3v) is 0.622. The van der Waals surface area contributed by atoms with Crippen LogP contribution in [0.4, 0.5) is 4.79 Å². The average Bonchev–Trinajstić information content (AvgIpc) is 1.59. The predicted molar refractivity (Wildman–Crippen MR) is 36.5 cm³/mol. The van der Waals surface area contributed by atoms with Crippen LogP contribution in [0.3, 0.4) is 0 Å². The Morgan fingerprint density at radius 1 is 1.55 bits per heavy atom. The summed E-state index contributed by atoms with van der Waals surface area (Å²) in [6.07, 6.45) is -0.602. The van der Waals surface area contributed by atoms with Crippen molar-refractivity contribution in [2.24, 2.45) is 0 Å². The third-order valence-electron chi connectivity index (χ3n) is 0.622. The van der Waals surface area contributed by atoms with E-state index in [-0.39, 0.29) is 22.4 Å². The van der Waals surface area contributed by atoms with Crippen LogP contribution in [0.2, 0.25) is 0 Å². The maximum Gasteiger partial charge on any atom is 0.409 e. The summed E-state index contributed by atoms with van der Waals surface area (Å²) in [5.74, 6) is 0. The zero-order valence-electron chi connectivity index (χ0n) is 6.77. The summed E-state index contributed by atoms with van der Waals surface area (Å²) >= 11 is 0. The van der Waals surface area contributed by atoms with Crippen LogP contribution in [0, 0.1) is 0 Å². The van der Waals surface area contributed by atoms with E-state index in [1.165, 1.54) is 0 Å². The van der Waals surface area contributed by atoms with Gasteiger partial charge >= 0.3 is 6.09 Å². The van der Waals surface area contributed by atoms with Crippen molar-refractivity contribution in [1.82, 2.24) is 5.32 Å². The van der Waals surface area contributed by atoms with Crippen LogP contribution in [0.1, 0.15) is 20.8 Å². The minimum atomic E-state index is -0.602. The van der Waals surface area contributed by atoms with Gasteiger partial charge in [-0.3, -0.25) is 5.32 Å². The molecule has 0 aliphatic heterocycles. The van der Waals surface area contributed by atoms with E-state index in [2.05, 4.69) is 5.32 Å². The number of hydrogen-bond donors (Lipinski definition) is 2. The van der Waals surface area contributed by atoms with Crippen LogP contribution >= 0.6 is 0 Å². The van der Waals surface area contributed by atoms with E-state index in [1.807, 2.05) is 0 Å². The van der Waals surface area contributed by atoms with E-state index in [1.54, 1.807) is 20.8 Å². The molecule has 0 bridgehead atoms. The molecule has 71 valence electrons. The van der Waals surface area contributed by atoms with Crippen molar-refractivity contribution in [3.63, 3.8) is 0 Å². The molecule has 2 N–H and O–H groups in total. The Bertz CT molecular complexity index is 121. The van der Waals surface area contributed by atoms with Gasteiger partial charge in [-0.2, -0.15) is 0 Å². The van der Waals surface area contributed by atoms with E-state index >= 15 is 0 Å². The zero-order valence-corrected chi connectivity index (χ0v) is 8.25. The molecular weight excluding hydrogens is 242 g/mol. The molecule has 0 aromatic heterocycles. The molecule has 0 aromatic carbocycles. The maximum absolute atomic E-state index is 10.6. The van der Waals surface area contributed by atoms with Gasteiger partial charge in [0, 0.05) is 22.4 Å². The van der Waals surface area contributed by atoms with Gasteiger partial charge in [0.25, 0.3) is 0 Å². The van der Waals surface area contributed by atoms with Gasteiger partial charge in [-0.25, -0.2) is 4.79 Å². The first-order valence-corrected chi connectivity index (χ1v) is 3.03. The fourth-order valence-corrected chi connectivity index (χ4v) is 0.379. The van der Waals surface area contributed by atoms with Crippen molar-refractivity contribution in [3.05, 3.63) is 0 Å². The van der Waals surface area contributed by atoms with E-state index in [0.29, 0.717) is 0 Å². The molecule has 0 saturated carbocycles. The molecule has 0 atom stereocenters. The molecule has 0 heterocycles. The summed E-state index contributed by atoms with van der Waals surface area (Å²) in [5, 5.41) is 10.3. The molecule has 0 unspecified atom stereocenters. The summed E-state index contributed by atoms with van der Waals surface area (Å²) in [4.78, 5) is 10.6. The minimum absolute atomic E-state index is 0. The largest absolute Gasteiger partial charge is 0.444 e. The molecule has 0 rings (SSSR count). The smallest absolute Gasteiger partial charge is 0.409 e. The number of hydrogen-bond acceptors (Lipinski definition) is 3. The molecule has 5 heteroatoms. The molecule has 0 aliphatic rings. The average molecular weight is 255 g/mol. The maximum atomic E-state index is 10.6. The van der Waals surface area contributed by atoms with E-state index < -0.39 is 18.4 Å². The van der Waals surface area contributed by atoms with Gasteiger partial charge in [0.2, 0.25) is 0 Å². The number of rotatable bonds is 1. The van der Waals surface area contributed by atoms with Gasteiger partial charge < -0.3 is 9.84 Å². The van der Waals surface area contributed by atoms with Crippen molar-refractivity contribution >= 4 is 6.09 Å². The van der Waals surface area contributed by atoms with Gasteiger partial charge in [0.1, 0.15) is 12.3 Å². The number of amides is 1. The van der Waals surface area contributed by atoms with E-state index in [9.17, 15) is 4.79 Å². The van der Waals surface area contributed by atoms with Gasteiger partial charge in [0.15, 0.2) is 0 Å². The quantitative estimate of drug-likeness (QED) is 0.528. The first-order valence-electron chi connectivity index (χ1n) is 3.03. The fourth-order valence-electron chi connectivity index (χ4n) is 0.379.